The lowest BCUT2D eigenvalue weighted by atomic mass is 9.81. The summed E-state index contributed by atoms with van der Waals surface area (Å²) in [4.78, 5) is 16.8. The van der Waals surface area contributed by atoms with Crippen LogP contribution in [0.4, 0.5) is 0 Å². The molecule has 0 aromatic rings. The zero-order chi connectivity index (χ0) is 13.8. The molecular weight excluding hydrogens is 236 g/mol. The fraction of sp³-hybridized carbons (Fsp3) is 0.938. The van der Waals surface area contributed by atoms with Crippen LogP contribution in [-0.4, -0.2) is 55.9 Å². The zero-order valence-corrected chi connectivity index (χ0v) is 12.9. The largest absolute Gasteiger partial charge is 0.306 e. The molecule has 3 heteroatoms. The molecule has 19 heavy (non-hydrogen) atoms. The molecule has 1 saturated heterocycles. The van der Waals surface area contributed by atoms with Crippen molar-refractivity contribution in [2.24, 2.45) is 17.8 Å². The first-order chi connectivity index (χ1) is 9.04. The Morgan fingerprint density at radius 3 is 2.58 bits per heavy atom. The SMILES string of the molecule is CC1CCC(=O)C(CN(C)CC2CCN(C)CC2)C1. The highest BCUT2D eigenvalue weighted by atomic mass is 16.1. The van der Waals surface area contributed by atoms with Crippen molar-refractivity contribution in [2.45, 2.75) is 39.0 Å². The van der Waals surface area contributed by atoms with E-state index in [1.807, 2.05) is 0 Å². The van der Waals surface area contributed by atoms with Crippen LogP contribution in [0.15, 0.2) is 0 Å². The lowest BCUT2D eigenvalue weighted by Gasteiger charge is -2.34. The minimum atomic E-state index is 0.306. The number of likely N-dealkylation sites (tertiary alicyclic amines) is 1. The molecule has 110 valence electrons. The summed E-state index contributed by atoms with van der Waals surface area (Å²) < 4.78 is 0. The van der Waals surface area contributed by atoms with Crippen LogP contribution in [0.5, 0.6) is 0 Å². The molecule has 1 heterocycles. The minimum Gasteiger partial charge on any atom is -0.306 e. The molecule has 0 bridgehead atoms. The number of nitrogens with zero attached hydrogens (tertiary/aromatic N) is 2. The number of carbonyl (C=O) groups is 1. The molecule has 0 aromatic carbocycles. The Labute approximate surface area is 118 Å². The van der Waals surface area contributed by atoms with Crippen LogP contribution in [0.25, 0.3) is 0 Å². The Balaban J connectivity index is 1.74. The number of carbonyl (C=O) groups excluding carboxylic acids is 1. The van der Waals surface area contributed by atoms with E-state index in [4.69, 9.17) is 0 Å². The van der Waals surface area contributed by atoms with Gasteiger partial charge < -0.3 is 9.80 Å². The highest BCUT2D eigenvalue weighted by Gasteiger charge is 2.28. The van der Waals surface area contributed by atoms with E-state index in [1.54, 1.807) is 0 Å². The number of rotatable bonds is 4. The summed E-state index contributed by atoms with van der Waals surface area (Å²) in [5, 5.41) is 0. The van der Waals surface area contributed by atoms with Gasteiger partial charge in [-0.1, -0.05) is 6.92 Å². The van der Waals surface area contributed by atoms with Crippen LogP contribution in [0, 0.1) is 17.8 Å². The smallest absolute Gasteiger partial charge is 0.137 e. The second kappa shape index (κ2) is 6.85. The lowest BCUT2D eigenvalue weighted by Crippen LogP contribution is -2.39. The van der Waals surface area contributed by atoms with Gasteiger partial charge in [0.1, 0.15) is 5.78 Å². The molecule has 0 N–H and O–H groups in total. The van der Waals surface area contributed by atoms with Gasteiger partial charge in [-0.05, 0) is 64.7 Å². The molecule has 2 unspecified atom stereocenters. The van der Waals surface area contributed by atoms with Gasteiger partial charge in [0.2, 0.25) is 0 Å². The molecule has 0 spiro atoms. The average molecular weight is 266 g/mol. The van der Waals surface area contributed by atoms with Gasteiger partial charge in [0.05, 0.1) is 0 Å². The van der Waals surface area contributed by atoms with E-state index < -0.39 is 0 Å². The van der Waals surface area contributed by atoms with E-state index in [0.29, 0.717) is 11.7 Å². The molecule has 1 aliphatic heterocycles. The van der Waals surface area contributed by atoms with Gasteiger partial charge in [-0.2, -0.15) is 0 Å². The van der Waals surface area contributed by atoms with E-state index in [-0.39, 0.29) is 0 Å². The van der Waals surface area contributed by atoms with E-state index in [0.717, 1.165) is 37.6 Å². The molecule has 1 saturated carbocycles. The van der Waals surface area contributed by atoms with Crippen molar-refractivity contribution in [1.29, 1.82) is 0 Å². The van der Waals surface area contributed by atoms with Crippen LogP contribution >= 0.6 is 0 Å². The molecule has 3 nitrogen and oxygen atoms in total. The van der Waals surface area contributed by atoms with Gasteiger partial charge in [-0.15, -0.1) is 0 Å². The number of Topliss-reactive ketones (excluding diaryl/α,β-unsaturated/α-hetero) is 1. The number of piperidine rings is 1. The summed E-state index contributed by atoms with van der Waals surface area (Å²) >= 11 is 0. The molecule has 0 radical (unpaired) electrons. The van der Waals surface area contributed by atoms with Crippen molar-refractivity contribution in [3.8, 4) is 0 Å². The van der Waals surface area contributed by atoms with Crippen LogP contribution < -0.4 is 0 Å². The second-order valence-corrected chi connectivity index (χ2v) is 7.01. The maximum absolute atomic E-state index is 12.0. The second-order valence-electron chi connectivity index (χ2n) is 7.01. The Morgan fingerprint density at radius 2 is 1.89 bits per heavy atom. The van der Waals surface area contributed by atoms with Crippen molar-refractivity contribution in [2.75, 3.05) is 40.3 Å². The number of hydrogen-bond donors (Lipinski definition) is 0. The van der Waals surface area contributed by atoms with Gasteiger partial charge >= 0.3 is 0 Å². The third-order valence-corrected chi connectivity index (χ3v) is 4.97. The van der Waals surface area contributed by atoms with Crippen LogP contribution in [0.1, 0.15) is 39.0 Å². The maximum atomic E-state index is 12.0. The van der Waals surface area contributed by atoms with Crippen LogP contribution in [0.2, 0.25) is 0 Å². The highest BCUT2D eigenvalue weighted by Crippen LogP contribution is 2.27. The number of hydrogen-bond acceptors (Lipinski definition) is 3. The summed E-state index contributed by atoms with van der Waals surface area (Å²) in [6.45, 7) is 6.91. The van der Waals surface area contributed by atoms with Gasteiger partial charge in [0.25, 0.3) is 0 Å². The van der Waals surface area contributed by atoms with Crippen molar-refractivity contribution in [1.82, 2.24) is 9.80 Å². The van der Waals surface area contributed by atoms with Gasteiger partial charge in [0, 0.05) is 25.4 Å². The first-order valence-electron chi connectivity index (χ1n) is 7.94. The molecule has 1 aliphatic carbocycles. The summed E-state index contributed by atoms with van der Waals surface area (Å²) in [5.41, 5.74) is 0. The summed E-state index contributed by atoms with van der Waals surface area (Å²) in [5.74, 6) is 2.38. The van der Waals surface area contributed by atoms with E-state index in [9.17, 15) is 4.79 Å². The maximum Gasteiger partial charge on any atom is 0.137 e. The Kier molecular flexibility index (Phi) is 5.40. The van der Waals surface area contributed by atoms with Crippen molar-refractivity contribution < 1.29 is 4.79 Å². The molecule has 2 aliphatic rings. The molecular formula is C16H30N2O. The zero-order valence-electron chi connectivity index (χ0n) is 12.9. The van der Waals surface area contributed by atoms with Crippen molar-refractivity contribution in [3.05, 3.63) is 0 Å². The topological polar surface area (TPSA) is 23.6 Å². The van der Waals surface area contributed by atoms with Gasteiger partial charge in [-0.25, -0.2) is 0 Å². The van der Waals surface area contributed by atoms with Gasteiger partial charge in [-0.3, -0.25) is 4.79 Å². The fourth-order valence-electron chi connectivity index (χ4n) is 3.64. The molecule has 2 atom stereocenters. The van der Waals surface area contributed by atoms with Crippen LogP contribution in [0.3, 0.4) is 0 Å². The standard InChI is InChI=1S/C16H30N2O/c1-13-4-5-16(19)15(10-13)12-18(3)11-14-6-8-17(2)9-7-14/h13-15H,4-12H2,1-3H3. The molecule has 2 fully saturated rings. The predicted octanol–water partition coefficient (Wildman–Crippen LogP) is 2.27. The predicted molar refractivity (Wildman–Crippen MR) is 79.2 cm³/mol. The average Bonchev–Trinajstić information content (AvgIpc) is 2.37. The molecule has 2 rings (SSSR count). The van der Waals surface area contributed by atoms with Crippen molar-refractivity contribution in [3.63, 3.8) is 0 Å². The first-order valence-corrected chi connectivity index (χ1v) is 7.94. The minimum absolute atomic E-state index is 0.306. The number of ketones is 1. The van der Waals surface area contributed by atoms with E-state index in [2.05, 4.69) is 30.8 Å². The summed E-state index contributed by atoms with van der Waals surface area (Å²) in [7, 11) is 4.41. The normalized spacial score (nSPS) is 31.1. The summed E-state index contributed by atoms with van der Waals surface area (Å²) in [6.07, 6.45) is 5.66. The quantitative estimate of drug-likeness (QED) is 0.780. The summed E-state index contributed by atoms with van der Waals surface area (Å²) in [6, 6.07) is 0. The monoisotopic (exact) mass is 266 g/mol. The molecule has 0 amide bonds. The highest BCUT2D eigenvalue weighted by molar-refractivity contribution is 5.81. The third kappa shape index (κ3) is 4.57. The van der Waals surface area contributed by atoms with E-state index >= 15 is 0 Å². The Bertz CT molecular complexity index is 297. The Hall–Kier alpha value is -0.410. The Morgan fingerprint density at radius 1 is 1.21 bits per heavy atom. The van der Waals surface area contributed by atoms with Crippen molar-refractivity contribution >= 4 is 5.78 Å². The lowest BCUT2D eigenvalue weighted by molar-refractivity contribution is -0.126. The van der Waals surface area contributed by atoms with Gasteiger partial charge in [0.15, 0.2) is 0 Å². The van der Waals surface area contributed by atoms with Crippen LogP contribution in [-0.2, 0) is 4.79 Å². The fourth-order valence-corrected chi connectivity index (χ4v) is 3.64. The third-order valence-electron chi connectivity index (χ3n) is 4.97. The first kappa shape index (κ1) is 15.0. The molecule has 0 aromatic heterocycles. The van der Waals surface area contributed by atoms with E-state index in [1.165, 1.54) is 32.5 Å².